The predicted molar refractivity (Wildman–Crippen MR) is 225 cm³/mol. The Hall–Kier alpha value is -5.90. The van der Waals surface area contributed by atoms with Gasteiger partial charge < -0.3 is 4.74 Å². The fourth-order valence-corrected chi connectivity index (χ4v) is 9.87. The van der Waals surface area contributed by atoms with Crippen LogP contribution in [0, 0.1) is 51.0 Å². The molecule has 0 bridgehead atoms. The van der Waals surface area contributed by atoms with Gasteiger partial charge in [-0.05, 0) is 93.8 Å². The molecule has 0 spiro atoms. The first kappa shape index (κ1) is 37.0. The van der Waals surface area contributed by atoms with Crippen molar-refractivity contribution in [1.29, 1.82) is 0 Å². The Morgan fingerprint density at radius 1 is 0.536 bits per heavy atom. The quantitative estimate of drug-likeness (QED) is 0.129. The minimum atomic E-state index is -0.626. The number of hydrogen-bond acceptors (Lipinski definition) is 5. The van der Waals surface area contributed by atoms with Crippen LogP contribution in [0.3, 0.4) is 0 Å². The molecule has 9 aromatic rings. The third-order valence-corrected chi connectivity index (χ3v) is 12.0. The van der Waals surface area contributed by atoms with Gasteiger partial charge in [-0.25, -0.2) is 17.6 Å². The molecule has 0 saturated carbocycles. The third-order valence-electron chi connectivity index (χ3n) is 9.55. The Morgan fingerprint density at radius 3 is 1.77 bits per heavy atom. The molecule has 0 aliphatic rings. The van der Waals surface area contributed by atoms with Crippen molar-refractivity contribution in [3.05, 3.63) is 161 Å². The van der Waals surface area contributed by atoms with Gasteiger partial charge in [0.1, 0.15) is 23.3 Å². The number of ether oxygens (including phenoxy) is 1. The minimum Gasteiger partial charge on any atom is -0.504 e. The second kappa shape index (κ2) is 15.0. The van der Waals surface area contributed by atoms with Crippen molar-refractivity contribution < 1.29 is 22.3 Å². The smallest absolute Gasteiger partial charge is 0.134 e. The Labute approximate surface area is 329 Å². The Morgan fingerprint density at radius 2 is 1.11 bits per heavy atom. The molecule has 4 aromatic heterocycles. The highest BCUT2D eigenvalue weighted by atomic mass is 32.1. The largest absolute Gasteiger partial charge is 0.504 e. The zero-order chi connectivity index (χ0) is 39.2. The number of halogens is 4. The minimum absolute atomic E-state index is 0.292. The summed E-state index contributed by atoms with van der Waals surface area (Å²) < 4.78 is 64.4. The molecule has 0 aliphatic carbocycles. The Balaban J connectivity index is 0.000000158. The van der Waals surface area contributed by atoms with Crippen LogP contribution >= 0.6 is 22.7 Å². The summed E-state index contributed by atoms with van der Waals surface area (Å²) in [5.41, 5.74) is 9.34. The molecule has 0 radical (unpaired) electrons. The van der Waals surface area contributed by atoms with Crippen molar-refractivity contribution in [2.75, 3.05) is 7.11 Å². The number of rotatable bonds is 5. The van der Waals surface area contributed by atoms with E-state index in [1.807, 2.05) is 24.3 Å². The summed E-state index contributed by atoms with van der Waals surface area (Å²) >= 11 is 3.02. The van der Waals surface area contributed by atoms with Gasteiger partial charge in [-0.2, -0.15) is 0 Å². The van der Waals surface area contributed by atoms with E-state index in [1.165, 1.54) is 54.0 Å². The van der Waals surface area contributed by atoms with Gasteiger partial charge in [-0.3, -0.25) is 9.97 Å². The van der Waals surface area contributed by atoms with Crippen molar-refractivity contribution >= 4 is 69.8 Å². The van der Waals surface area contributed by atoms with E-state index >= 15 is 0 Å². The molecule has 56 heavy (non-hydrogen) atoms. The van der Waals surface area contributed by atoms with Crippen LogP contribution in [0.5, 0.6) is 0 Å². The zero-order valence-corrected chi connectivity index (χ0v) is 32.7. The molecule has 278 valence electrons. The lowest BCUT2D eigenvalue weighted by atomic mass is 10.0. The number of nitrogens with zero attached hydrogens (tertiary/aromatic N) is 2. The molecule has 0 N–H and O–H groups in total. The van der Waals surface area contributed by atoms with Crippen molar-refractivity contribution in [1.82, 2.24) is 9.97 Å². The third kappa shape index (κ3) is 7.04. The maximum absolute atomic E-state index is 14.5. The fourth-order valence-electron chi connectivity index (χ4n) is 7.34. The van der Waals surface area contributed by atoms with Crippen molar-refractivity contribution in [2.24, 2.45) is 0 Å². The fraction of sp³-hybridized carbons (Fsp3) is 0.106. The van der Waals surface area contributed by atoms with E-state index in [4.69, 9.17) is 4.74 Å². The van der Waals surface area contributed by atoms with Gasteiger partial charge in [-0.15, -0.1) is 22.7 Å². The van der Waals surface area contributed by atoms with Crippen LogP contribution in [0.15, 0.2) is 110 Å². The normalized spacial score (nSPS) is 11.6. The first-order valence-corrected chi connectivity index (χ1v) is 19.4. The van der Waals surface area contributed by atoms with E-state index in [0.29, 0.717) is 21.9 Å². The maximum atomic E-state index is 14.5. The van der Waals surface area contributed by atoms with E-state index < -0.39 is 23.3 Å². The highest BCUT2D eigenvalue weighted by molar-refractivity contribution is 7.27. The summed E-state index contributed by atoms with van der Waals surface area (Å²) in [5, 5.41) is 4.10. The lowest BCUT2D eigenvalue weighted by molar-refractivity contribution is 0.341. The van der Waals surface area contributed by atoms with Gasteiger partial charge in [-0.1, -0.05) is 46.5 Å². The van der Waals surface area contributed by atoms with E-state index in [1.54, 1.807) is 29.8 Å². The van der Waals surface area contributed by atoms with Crippen LogP contribution in [0.25, 0.3) is 80.1 Å². The van der Waals surface area contributed by atoms with Crippen LogP contribution in [0.4, 0.5) is 17.6 Å². The molecular weight excluding hydrogens is 749 g/mol. The van der Waals surface area contributed by atoms with Crippen molar-refractivity contribution in [3.63, 3.8) is 0 Å². The second-order valence-electron chi connectivity index (χ2n) is 13.9. The Bertz CT molecular complexity index is 2980. The van der Waals surface area contributed by atoms with Gasteiger partial charge in [0, 0.05) is 77.9 Å². The van der Waals surface area contributed by atoms with Gasteiger partial charge in [0.05, 0.1) is 34.2 Å². The summed E-state index contributed by atoms with van der Waals surface area (Å²) in [6.07, 6.45) is 6.47. The van der Waals surface area contributed by atoms with E-state index in [0.717, 1.165) is 80.9 Å². The number of hydrogen-bond donors (Lipinski definition) is 0. The standard InChI is InChI=1S/C24H19F2NOS.C23H15F2NS/c1-14-8-15(2)10-17(9-14)23-24-16(4-6-27-23)11-22(29-24)20-12-18(25)13-21(26)19(20)5-7-28-3;1-12-7-13(2)9-14(8-12)21-23-18(5-6-26-21)17-4-3-16-19(22(17)27-23)10-15(24)11-20(16)25/h4-13H,1-3H3;3-11H,1-2H3. The second-order valence-corrected chi connectivity index (χ2v) is 16.0. The highest BCUT2D eigenvalue weighted by Gasteiger charge is 2.18. The van der Waals surface area contributed by atoms with Gasteiger partial charge >= 0.3 is 0 Å². The van der Waals surface area contributed by atoms with Crippen molar-refractivity contribution in [2.45, 2.75) is 27.7 Å². The van der Waals surface area contributed by atoms with Crippen LogP contribution in [0.2, 0.25) is 0 Å². The number of fused-ring (bicyclic) bond motifs is 6. The summed E-state index contributed by atoms with van der Waals surface area (Å²) in [7, 11) is 1.48. The topological polar surface area (TPSA) is 35.0 Å². The number of aromatic nitrogens is 2. The zero-order valence-electron chi connectivity index (χ0n) is 31.1. The van der Waals surface area contributed by atoms with Crippen molar-refractivity contribution in [3.8, 4) is 33.0 Å². The number of thiophene rings is 2. The van der Waals surface area contributed by atoms with Gasteiger partial charge in [0.15, 0.2) is 0 Å². The molecule has 0 atom stereocenters. The molecule has 0 aliphatic heterocycles. The van der Waals surface area contributed by atoms with Gasteiger partial charge in [0.2, 0.25) is 0 Å². The molecule has 0 fully saturated rings. The number of pyridine rings is 2. The summed E-state index contributed by atoms with van der Waals surface area (Å²) in [5.74, 6) is -2.33. The van der Waals surface area contributed by atoms with Crippen LogP contribution in [0.1, 0.15) is 27.8 Å². The maximum Gasteiger partial charge on any atom is 0.134 e. The number of aryl methyl sites for hydroxylation is 4. The van der Waals surface area contributed by atoms with Gasteiger partial charge in [0.25, 0.3) is 0 Å². The monoisotopic (exact) mass is 782 g/mol. The van der Waals surface area contributed by atoms with E-state index in [2.05, 4.69) is 74.1 Å². The summed E-state index contributed by atoms with van der Waals surface area (Å²) in [6.45, 7) is 8.25. The van der Waals surface area contributed by atoms with E-state index in [9.17, 15) is 17.6 Å². The molecule has 0 unspecified atom stereocenters. The molecule has 0 amide bonds. The molecule has 9 heteroatoms. The Kier molecular flexibility index (Phi) is 9.91. The molecular formula is C47H34F4N2OS2. The molecule has 4 heterocycles. The van der Waals surface area contributed by atoms with Crippen LogP contribution in [-0.2, 0) is 4.74 Å². The summed E-state index contributed by atoms with van der Waals surface area (Å²) in [4.78, 5) is 10.0. The molecule has 9 rings (SSSR count). The first-order chi connectivity index (χ1) is 27.0. The molecule has 3 nitrogen and oxygen atoms in total. The molecule has 5 aromatic carbocycles. The predicted octanol–water partition coefficient (Wildman–Crippen LogP) is 14.3. The number of benzene rings is 5. The average Bonchev–Trinajstić information content (AvgIpc) is 3.76. The highest BCUT2D eigenvalue weighted by Crippen LogP contribution is 2.43. The number of methoxy groups -OCH3 is 1. The summed E-state index contributed by atoms with van der Waals surface area (Å²) in [6, 6.07) is 26.8. The lowest BCUT2D eigenvalue weighted by Crippen LogP contribution is -1.90. The van der Waals surface area contributed by atoms with E-state index in [-0.39, 0.29) is 0 Å². The average molecular weight is 783 g/mol. The SMILES string of the molecule is COC=Cc1c(F)cc(F)cc1-c1cc2ccnc(-c3cc(C)cc(C)c3)c2s1.Cc1cc(C)cc(-c2nccc3c2sc2c4cc(F)cc(F)c4ccc32)c1. The van der Waals surface area contributed by atoms with Crippen LogP contribution < -0.4 is 0 Å². The molecule has 0 saturated heterocycles. The van der Waals surface area contributed by atoms with Crippen LogP contribution in [-0.4, -0.2) is 17.1 Å². The lowest BCUT2D eigenvalue weighted by Gasteiger charge is -2.06. The first-order valence-electron chi connectivity index (χ1n) is 17.8.